The van der Waals surface area contributed by atoms with E-state index >= 15 is 0 Å². The van der Waals surface area contributed by atoms with Crippen molar-refractivity contribution in [2.24, 2.45) is 11.3 Å². The van der Waals surface area contributed by atoms with Crippen molar-refractivity contribution in [2.45, 2.75) is 53.8 Å². The van der Waals surface area contributed by atoms with Crippen LogP contribution in [0.15, 0.2) is 28.7 Å². The Morgan fingerprint density at radius 1 is 1.24 bits per heavy atom. The minimum atomic E-state index is -0.824. The molecule has 2 aromatic carbocycles. The van der Waals surface area contributed by atoms with Crippen LogP contribution in [-0.2, 0) is 16.1 Å². The summed E-state index contributed by atoms with van der Waals surface area (Å²) in [5.74, 6) is -0.00341. The Morgan fingerprint density at radius 2 is 1.94 bits per heavy atom. The zero-order valence-corrected chi connectivity index (χ0v) is 21.2. The number of carbonyl (C=O) groups excluding carboxylic acids is 2. The maximum Gasteiger partial charge on any atom is 0.346 e. The molecule has 0 radical (unpaired) electrons. The van der Waals surface area contributed by atoms with E-state index in [-0.39, 0.29) is 41.1 Å². The third kappa shape index (κ3) is 5.50. The van der Waals surface area contributed by atoms with Gasteiger partial charge in [-0.2, -0.15) is 0 Å². The number of ether oxygens (including phenoxy) is 4. The maximum absolute atomic E-state index is 13.0. The van der Waals surface area contributed by atoms with Crippen LogP contribution in [0.4, 0.5) is 0 Å². The molecule has 0 aliphatic carbocycles. The first-order valence-electron chi connectivity index (χ1n) is 10.7. The maximum atomic E-state index is 13.0. The highest BCUT2D eigenvalue weighted by Crippen LogP contribution is 2.45. The minimum absolute atomic E-state index is 0.0690. The molecule has 0 aromatic heterocycles. The number of aliphatic hydroxyl groups is 1. The summed E-state index contributed by atoms with van der Waals surface area (Å²) in [6.07, 6.45) is -0.329. The Kier molecular flexibility index (Phi) is 7.39. The molecule has 0 fully saturated rings. The summed E-state index contributed by atoms with van der Waals surface area (Å²) in [5.41, 5.74) is 0.343. The van der Waals surface area contributed by atoms with Crippen LogP contribution in [0.2, 0.25) is 0 Å². The summed E-state index contributed by atoms with van der Waals surface area (Å²) in [5, 5.41) is 10.7. The first kappa shape index (κ1) is 25.1. The lowest BCUT2D eigenvalue weighted by Gasteiger charge is -2.25. The number of benzene rings is 2. The molecule has 0 bridgehead atoms. The summed E-state index contributed by atoms with van der Waals surface area (Å²) < 4.78 is 23.5. The number of cyclic esters (lactones) is 1. The monoisotopic (exact) mass is 520 g/mol. The molecule has 7 nitrogen and oxygen atoms in total. The number of hydrogen-bond acceptors (Lipinski definition) is 7. The fourth-order valence-corrected chi connectivity index (χ4v) is 3.90. The van der Waals surface area contributed by atoms with E-state index < -0.39 is 23.5 Å². The van der Waals surface area contributed by atoms with Crippen molar-refractivity contribution in [2.75, 3.05) is 7.11 Å². The van der Waals surface area contributed by atoms with Gasteiger partial charge in [-0.25, -0.2) is 4.79 Å². The summed E-state index contributed by atoms with van der Waals surface area (Å²) in [6, 6.07) is 6.62. The van der Waals surface area contributed by atoms with E-state index in [1.807, 2.05) is 13.8 Å². The lowest BCUT2D eigenvalue weighted by Crippen LogP contribution is -2.26. The fraction of sp³-hybridized carbons (Fsp3) is 0.440. The number of aliphatic hydroxyl groups excluding tert-OH is 1. The van der Waals surface area contributed by atoms with Gasteiger partial charge in [-0.3, -0.25) is 4.79 Å². The van der Waals surface area contributed by atoms with Gasteiger partial charge in [0.15, 0.2) is 11.5 Å². The predicted molar refractivity (Wildman–Crippen MR) is 126 cm³/mol. The third-order valence-corrected chi connectivity index (χ3v) is 5.55. The van der Waals surface area contributed by atoms with Crippen LogP contribution in [0.5, 0.6) is 23.0 Å². The molecule has 1 atom stereocenters. The zero-order chi connectivity index (χ0) is 24.5. The second-order valence-corrected chi connectivity index (χ2v) is 10.3. The molecule has 0 saturated heterocycles. The molecule has 2 aromatic rings. The highest BCUT2D eigenvalue weighted by atomic mass is 79.9. The van der Waals surface area contributed by atoms with Gasteiger partial charge in [0.25, 0.3) is 0 Å². The molecule has 1 heterocycles. The first-order chi connectivity index (χ1) is 15.4. The number of rotatable bonds is 5. The Labute approximate surface area is 202 Å². The minimum Gasteiger partial charge on any atom is -0.495 e. The Bertz CT molecular complexity index is 1070. The fourth-order valence-electron chi connectivity index (χ4n) is 3.41. The number of methoxy groups -OCH3 is 1. The van der Waals surface area contributed by atoms with Crippen molar-refractivity contribution in [3.8, 4) is 23.0 Å². The number of halogens is 1. The largest absolute Gasteiger partial charge is 0.495 e. The molecule has 178 valence electrons. The van der Waals surface area contributed by atoms with Gasteiger partial charge in [0, 0.05) is 15.6 Å². The molecule has 1 aliphatic rings. The van der Waals surface area contributed by atoms with Crippen molar-refractivity contribution in [3.05, 3.63) is 45.4 Å². The van der Waals surface area contributed by atoms with Gasteiger partial charge in [0.1, 0.15) is 23.7 Å². The van der Waals surface area contributed by atoms with Gasteiger partial charge in [0.2, 0.25) is 0 Å². The van der Waals surface area contributed by atoms with E-state index in [0.29, 0.717) is 22.0 Å². The smallest absolute Gasteiger partial charge is 0.346 e. The summed E-state index contributed by atoms with van der Waals surface area (Å²) in [6.45, 7) is 9.15. The summed E-state index contributed by atoms with van der Waals surface area (Å²) in [7, 11) is 1.43. The normalized spacial score (nSPS) is 14.3. The van der Waals surface area contributed by atoms with Gasteiger partial charge in [-0.05, 0) is 57.4 Å². The Hall–Kier alpha value is -2.58. The molecule has 1 N–H and O–H groups in total. The second kappa shape index (κ2) is 9.73. The molecule has 1 unspecified atom stereocenters. The molecule has 8 heteroatoms. The van der Waals surface area contributed by atoms with E-state index in [1.54, 1.807) is 45.0 Å². The van der Waals surface area contributed by atoms with E-state index in [0.717, 1.165) is 0 Å². The van der Waals surface area contributed by atoms with Crippen LogP contribution in [0.1, 0.15) is 68.6 Å². The van der Waals surface area contributed by atoms with Crippen LogP contribution in [0.3, 0.4) is 0 Å². The Balaban J connectivity index is 2.13. The summed E-state index contributed by atoms with van der Waals surface area (Å²) >= 11 is 3.41. The molecular formula is C25H29BrO7. The molecule has 0 saturated carbocycles. The highest BCUT2D eigenvalue weighted by Gasteiger charge is 2.31. The van der Waals surface area contributed by atoms with Crippen molar-refractivity contribution in [1.29, 1.82) is 0 Å². The third-order valence-electron chi connectivity index (χ3n) is 5.09. The number of esters is 2. The van der Waals surface area contributed by atoms with E-state index in [1.165, 1.54) is 7.11 Å². The van der Waals surface area contributed by atoms with Crippen molar-refractivity contribution < 1.29 is 33.6 Å². The quantitative estimate of drug-likeness (QED) is 0.384. The van der Waals surface area contributed by atoms with E-state index in [2.05, 4.69) is 15.9 Å². The number of carbonyl (C=O) groups is 2. The molecular weight excluding hydrogens is 492 g/mol. The topological polar surface area (TPSA) is 91.3 Å². The molecule has 3 rings (SSSR count). The number of hydrogen-bond donors (Lipinski definition) is 1. The average molecular weight is 521 g/mol. The molecule has 0 amide bonds. The summed E-state index contributed by atoms with van der Waals surface area (Å²) in [4.78, 5) is 25.5. The van der Waals surface area contributed by atoms with Gasteiger partial charge in [0.05, 0.1) is 18.6 Å². The lowest BCUT2D eigenvalue weighted by molar-refractivity contribution is -0.143. The van der Waals surface area contributed by atoms with E-state index in [9.17, 15) is 14.7 Å². The van der Waals surface area contributed by atoms with E-state index in [4.69, 9.17) is 18.9 Å². The van der Waals surface area contributed by atoms with Gasteiger partial charge < -0.3 is 24.1 Å². The number of fused-ring (bicyclic) bond motifs is 2. The molecule has 33 heavy (non-hydrogen) atoms. The van der Waals surface area contributed by atoms with Gasteiger partial charge in [-0.1, -0.05) is 29.8 Å². The predicted octanol–water partition coefficient (Wildman–Crippen LogP) is 5.95. The molecule has 0 spiro atoms. The second-order valence-electron chi connectivity index (χ2n) is 9.42. The van der Waals surface area contributed by atoms with Crippen LogP contribution in [0, 0.1) is 11.3 Å². The van der Waals surface area contributed by atoms with Crippen LogP contribution in [0.25, 0.3) is 0 Å². The highest BCUT2D eigenvalue weighted by molar-refractivity contribution is 9.10. The molecule has 1 aliphatic heterocycles. The van der Waals surface area contributed by atoms with Gasteiger partial charge >= 0.3 is 11.9 Å². The lowest BCUT2D eigenvalue weighted by atomic mass is 9.96. The van der Waals surface area contributed by atoms with Crippen LogP contribution < -0.4 is 14.2 Å². The van der Waals surface area contributed by atoms with Crippen LogP contribution in [-0.4, -0.2) is 24.2 Å². The van der Waals surface area contributed by atoms with Crippen molar-refractivity contribution in [3.63, 3.8) is 0 Å². The van der Waals surface area contributed by atoms with Gasteiger partial charge in [-0.15, -0.1) is 0 Å². The van der Waals surface area contributed by atoms with Crippen LogP contribution >= 0.6 is 15.9 Å². The SMILES string of the molecule is COc1c(C(O)CC(C)C)ccc2c1C(=O)OCc1cc(Br)cc(OC(=O)C(C)(C)C)c1O2. The first-order valence-corrected chi connectivity index (χ1v) is 11.5. The Morgan fingerprint density at radius 3 is 2.55 bits per heavy atom. The zero-order valence-electron chi connectivity index (χ0n) is 19.7. The van der Waals surface area contributed by atoms with Crippen molar-refractivity contribution in [1.82, 2.24) is 0 Å². The standard InChI is InChI=1S/C25H29BrO7/c1-13(2)9-17(27)16-7-8-18-20(22(16)30-6)23(28)31-12-14-10-15(26)11-19(21(14)32-18)33-24(29)25(3,4)5/h7-8,10-11,13,17,27H,9,12H2,1-6H3. The average Bonchev–Trinajstić information content (AvgIpc) is 2.70. The van der Waals surface area contributed by atoms with Crippen molar-refractivity contribution >= 4 is 27.9 Å².